The van der Waals surface area contributed by atoms with Crippen LogP contribution in [0.25, 0.3) is 11.0 Å². The molecule has 0 saturated carbocycles. The van der Waals surface area contributed by atoms with Gasteiger partial charge in [-0.3, -0.25) is 0 Å². The fraction of sp³-hybridized carbons (Fsp3) is 0.429. The SMILES string of the molecule is COc1cc(CC(C)(C)N)cc2cc(C)oc12. The minimum Gasteiger partial charge on any atom is -0.493 e. The zero-order chi connectivity index (χ0) is 12.6. The van der Waals surface area contributed by atoms with Crippen LogP contribution in [0.2, 0.25) is 0 Å². The lowest BCUT2D eigenvalue weighted by atomic mass is 9.95. The molecule has 0 spiro atoms. The largest absolute Gasteiger partial charge is 0.493 e. The summed E-state index contributed by atoms with van der Waals surface area (Å²) in [4.78, 5) is 0. The predicted octanol–water partition coefficient (Wildman–Crippen LogP) is 3.03. The number of benzene rings is 1. The maximum absolute atomic E-state index is 6.04. The van der Waals surface area contributed by atoms with Crippen molar-refractivity contribution in [2.75, 3.05) is 7.11 Å². The fourth-order valence-electron chi connectivity index (χ4n) is 2.09. The average Bonchev–Trinajstić information content (AvgIpc) is 2.54. The van der Waals surface area contributed by atoms with Gasteiger partial charge in [-0.1, -0.05) is 0 Å². The first kappa shape index (κ1) is 12.0. The van der Waals surface area contributed by atoms with E-state index in [4.69, 9.17) is 14.9 Å². The maximum Gasteiger partial charge on any atom is 0.176 e. The number of furan rings is 1. The van der Waals surface area contributed by atoms with E-state index in [2.05, 4.69) is 6.07 Å². The number of nitrogens with two attached hydrogens (primary N) is 1. The summed E-state index contributed by atoms with van der Waals surface area (Å²) in [5, 5.41) is 1.07. The molecule has 0 bridgehead atoms. The first-order chi connectivity index (χ1) is 7.89. The zero-order valence-corrected chi connectivity index (χ0v) is 10.8. The van der Waals surface area contributed by atoms with Gasteiger partial charge in [0.2, 0.25) is 0 Å². The molecule has 1 heterocycles. The third-order valence-corrected chi connectivity index (χ3v) is 2.64. The van der Waals surface area contributed by atoms with Gasteiger partial charge in [0.25, 0.3) is 0 Å². The van der Waals surface area contributed by atoms with Crippen LogP contribution in [0.4, 0.5) is 0 Å². The van der Waals surface area contributed by atoms with Gasteiger partial charge in [-0.15, -0.1) is 0 Å². The fourth-order valence-corrected chi connectivity index (χ4v) is 2.09. The summed E-state index contributed by atoms with van der Waals surface area (Å²) < 4.78 is 11.0. The van der Waals surface area contributed by atoms with Crippen molar-refractivity contribution in [3.63, 3.8) is 0 Å². The van der Waals surface area contributed by atoms with Crippen molar-refractivity contribution in [3.8, 4) is 5.75 Å². The smallest absolute Gasteiger partial charge is 0.176 e. The summed E-state index contributed by atoms with van der Waals surface area (Å²) in [6.07, 6.45) is 0.809. The Morgan fingerprint density at radius 1 is 1.29 bits per heavy atom. The van der Waals surface area contributed by atoms with Gasteiger partial charge in [-0.2, -0.15) is 0 Å². The van der Waals surface area contributed by atoms with Gasteiger partial charge in [-0.25, -0.2) is 0 Å². The van der Waals surface area contributed by atoms with Crippen molar-refractivity contribution in [2.45, 2.75) is 32.7 Å². The number of hydrogen-bond acceptors (Lipinski definition) is 3. The van der Waals surface area contributed by atoms with E-state index in [1.54, 1.807) is 7.11 Å². The number of aryl methyl sites for hydroxylation is 1. The minimum absolute atomic E-state index is 0.225. The van der Waals surface area contributed by atoms with E-state index in [9.17, 15) is 0 Å². The highest BCUT2D eigenvalue weighted by Gasteiger charge is 2.15. The van der Waals surface area contributed by atoms with E-state index >= 15 is 0 Å². The number of fused-ring (bicyclic) bond motifs is 1. The Morgan fingerprint density at radius 2 is 2.00 bits per heavy atom. The average molecular weight is 233 g/mol. The second kappa shape index (κ2) is 4.08. The van der Waals surface area contributed by atoms with Gasteiger partial charge in [0.1, 0.15) is 5.76 Å². The summed E-state index contributed by atoms with van der Waals surface area (Å²) in [5.74, 6) is 1.66. The molecular formula is C14H19NO2. The molecule has 92 valence electrons. The lowest BCUT2D eigenvalue weighted by Gasteiger charge is -2.18. The molecule has 0 saturated heterocycles. The highest BCUT2D eigenvalue weighted by Crippen LogP contribution is 2.31. The summed E-state index contributed by atoms with van der Waals surface area (Å²) in [5.41, 5.74) is 7.80. The lowest BCUT2D eigenvalue weighted by molar-refractivity contribution is 0.407. The van der Waals surface area contributed by atoms with Crippen LogP contribution in [0.15, 0.2) is 22.6 Å². The molecule has 3 nitrogen and oxygen atoms in total. The van der Waals surface area contributed by atoms with Gasteiger partial charge in [0.05, 0.1) is 7.11 Å². The molecule has 0 aliphatic carbocycles. The molecule has 1 aromatic carbocycles. The first-order valence-corrected chi connectivity index (χ1v) is 5.75. The summed E-state index contributed by atoms with van der Waals surface area (Å²) >= 11 is 0. The first-order valence-electron chi connectivity index (χ1n) is 5.75. The van der Waals surface area contributed by atoms with Gasteiger partial charge in [0.15, 0.2) is 11.3 Å². The Bertz CT molecular complexity index is 535. The van der Waals surface area contributed by atoms with E-state index in [0.717, 1.165) is 28.9 Å². The van der Waals surface area contributed by atoms with Crippen LogP contribution in [-0.2, 0) is 6.42 Å². The third kappa shape index (κ3) is 2.61. The van der Waals surface area contributed by atoms with Crippen molar-refractivity contribution >= 4 is 11.0 Å². The normalized spacial score (nSPS) is 12.1. The monoisotopic (exact) mass is 233 g/mol. The van der Waals surface area contributed by atoms with E-state index in [0.29, 0.717) is 0 Å². The molecule has 3 heteroatoms. The molecule has 1 aromatic heterocycles. The summed E-state index contributed by atoms with van der Waals surface area (Å²) in [6, 6.07) is 6.13. The van der Waals surface area contributed by atoms with Crippen molar-refractivity contribution in [1.29, 1.82) is 0 Å². The molecule has 0 unspecified atom stereocenters. The van der Waals surface area contributed by atoms with E-state index in [1.807, 2.05) is 32.9 Å². The third-order valence-electron chi connectivity index (χ3n) is 2.64. The lowest BCUT2D eigenvalue weighted by Crippen LogP contribution is -2.34. The summed E-state index contributed by atoms with van der Waals surface area (Å²) in [7, 11) is 1.66. The predicted molar refractivity (Wildman–Crippen MR) is 69.5 cm³/mol. The van der Waals surface area contributed by atoms with Crippen LogP contribution >= 0.6 is 0 Å². The Labute approximate surface area is 102 Å². The van der Waals surface area contributed by atoms with Crippen LogP contribution < -0.4 is 10.5 Å². The number of hydrogen-bond donors (Lipinski definition) is 1. The maximum atomic E-state index is 6.04. The van der Waals surface area contributed by atoms with Gasteiger partial charge < -0.3 is 14.9 Å². The summed E-state index contributed by atoms with van der Waals surface area (Å²) in [6.45, 7) is 5.97. The molecule has 0 radical (unpaired) electrons. The highest BCUT2D eigenvalue weighted by atomic mass is 16.5. The second-order valence-corrected chi connectivity index (χ2v) is 5.24. The number of methoxy groups -OCH3 is 1. The molecule has 0 aliphatic heterocycles. The quantitative estimate of drug-likeness (QED) is 0.886. The van der Waals surface area contributed by atoms with Crippen molar-refractivity contribution in [2.24, 2.45) is 5.73 Å². The molecule has 0 fully saturated rings. The zero-order valence-electron chi connectivity index (χ0n) is 10.8. The topological polar surface area (TPSA) is 48.4 Å². The molecule has 2 rings (SSSR count). The van der Waals surface area contributed by atoms with Gasteiger partial charge in [0, 0.05) is 10.9 Å². The number of ether oxygens (including phenoxy) is 1. The molecule has 0 aliphatic rings. The molecule has 2 N–H and O–H groups in total. The Balaban J connectivity index is 2.52. The Kier molecular flexibility index (Phi) is 2.87. The van der Waals surface area contributed by atoms with Crippen LogP contribution in [0.3, 0.4) is 0 Å². The van der Waals surface area contributed by atoms with Crippen LogP contribution in [-0.4, -0.2) is 12.6 Å². The number of rotatable bonds is 3. The molecule has 0 atom stereocenters. The minimum atomic E-state index is -0.225. The Morgan fingerprint density at radius 3 is 2.59 bits per heavy atom. The van der Waals surface area contributed by atoms with E-state index < -0.39 is 0 Å². The molecular weight excluding hydrogens is 214 g/mol. The van der Waals surface area contributed by atoms with E-state index in [1.165, 1.54) is 5.56 Å². The van der Waals surface area contributed by atoms with Crippen molar-refractivity contribution < 1.29 is 9.15 Å². The van der Waals surface area contributed by atoms with E-state index in [-0.39, 0.29) is 5.54 Å². The molecule has 2 aromatic rings. The highest BCUT2D eigenvalue weighted by molar-refractivity contribution is 5.84. The second-order valence-electron chi connectivity index (χ2n) is 5.24. The van der Waals surface area contributed by atoms with Gasteiger partial charge >= 0.3 is 0 Å². The van der Waals surface area contributed by atoms with Gasteiger partial charge in [-0.05, 0) is 51.0 Å². The van der Waals surface area contributed by atoms with Crippen molar-refractivity contribution in [1.82, 2.24) is 0 Å². The molecule has 17 heavy (non-hydrogen) atoms. The van der Waals surface area contributed by atoms with Crippen molar-refractivity contribution in [3.05, 3.63) is 29.5 Å². The van der Waals surface area contributed by atoms with Crippen LogP contribution in [0.5, 0.6) is 5.75 Å². The standard InChI is InChI=1S/C14H19NO2/c1-9-5-11-6-10(8-14(2,3)15)7-12(16-4)13(11)17-9/h5-7H,8,15H2,1-4H3. The Hall–Kier alpha value is -1.48. The van der Waals surface area contributed by atoms with Crippen LogP contribution in [0.1, 0.15) is 25.2 Å². The van der Waals surface area contributed by atoms with Crippen LogP contribution in [0, 0.1) is 6.92 Å². The molecule has 0 amide bonds.